The molecule has 2 rings (SSSR count). The van der Waals surface area contributed by atoms with Crippen LogP contribution in [0, 0.1) is 12.8 Å². The molecule has 1 aromatic rings. The summed E-state index contributed by atoms with van der Waals surface area (Å²) in [7, 11) is 0. The number of benzene rings is 1. The molecule has 1 amide bonds. The molecule has 0 spiro atoms. The normalized spacial score (nSPS) is 18.9. The fourth-order valence-electron chi connectivity index (χ4n) is 2.94. The van der Waals surface area contributed by atoms with E-state index < -0.39 is 5.60 Å². The van der Waals surface area contributed by atoms with Crippen molar-refractivity contribution in [3.05, 3.63) is 35.4 Å². The van der Waals surface area contributed by atoms with E-state index in [0.29, 0.717) is 12.5 Å². The summed E-state index contributed by atoms with van der Waals surface area (Å²) < 4.78 is 5.25. The fourth-order valence-corrected chi connectivity index (χ4v) is 2.94. The standard InChI is InChI=1S/C19H30N2O2/c1-15-5-7-16(8-6-15)13-21-12-10-17(14-21)9-11-20-18(22)23-19(2,3)4/h5-8,17H,9-14H2,1-4H3,(H,20,22). The topological polar surface area (TPSA) is 41.6 Å². The van der Waals surface area contributed by atoms with E-state index in [1.54, 1.807) is 0 Å². The van der Waals surface area contributed by atoms with Crippen molar-refractivity contribution in [2.45, 2.75) is 52.7 Å². The van der Waals surface area contributed by atoms with E-state index in [-0.39, 0.29) is 6.09 Å². The van der Waals surface area contributed by atoms with Crippen LogP contribution in [0.25, 0.3) is 0 Å². The largest absolute Gasteiger partial charge is 0.444 e. The SMILES string of the molecule is Cc1ccc(CN2CCC(CCNC(=O)OC(C)(C)C)C2)cc1. The van der Waals surface area contributed by atoms with Crippen LogP contribution in [0.15, 0.2) is 24.3 Å². The maximum atomic E-state index is 11.6. The van der Waals surface area contributed by atoms with Crippen molar-refractivity contribution in [1.29, 1.82) is 0 Å². The highest BCUT2D eigenvalue weighted by Gasteiger charge is 2.22. The Hall–Kier alpha value is -1.55. The van der Waals surface area contributed by atoms with Crippen molar-refractivity contribution in [2.75, 3.05) is 19.6 Å². The van der Waals surface area contributed by atoms with Gasteiger partial charge in [0.25, 0.3) is 0 Å². The number of carbonyl (C=O) groups excluding carboxylic acids is 1. The summed E-state index contributed by atoms with van der Waals surface area (Å²) in [6, 6.07) is 8.78. The molecule has 0 bridgehead atoms. The molecule has 1 unspecified atom stereocenters. The van der Waals surface area contributed by atoms with Crippen LogP contribution in [0.1, 0.15) is 44.7 Å². The molecule has 0 saturated carbocycles. The lowest BCUT2D eigenvalue weighted by atomic mass is 10.1. The van der Waals surface area contributed by atoms with Gasteiger partial charge in [-0.25, -0.2) is 4.79 Å². The van der Waals surface area contributed by atoms with E-state index in [1.807, 2.05) is 20.8 Å². The Labute approximate surface area is 140 Å². The van der Waals surface area contributed by atoms with Gasteiger partial charge in [-0.3, -0.25) is 4.90 Å². The van der Waals surface area contributed by atoms with Crippen LogP contribution < -0.4 is 5.32 Å². The number of ether oxygens (including phenoxy) is 1. The molecule has 0 aliphatic carbocycles. The summed E-state index contributed by atoms with van der Waals surface area (Å²) in [6.45, 7) is 11.7. The Morgan fingerprint density at radius 1 is 1.30 bits per heavy atom. The Balaban J connectivity index is 1.65. The highest BCUT2D eigenvalue weighted by Crippen LogP contribution is 2.21. The van der Waals surface area contributed by atoms with Crippen LogP contribution >= 0.6 is 0 Å². The highest BCUT2D eigenvalue weighted by atomic mass is 16.6. The molecular weight excluding hydrogens is 288 g/mol. The van der Waals surface area contributed by atoms with Gasteiger partial charge >= 0.3 is 6.09 Å². The van der Waals surface area contributed by atoms with Gasteiger partial charge in [-0.2, -0.15) is 0 Å². The Morgan fingerprint density at radius 3 is 2.65 bits per heavy atom. The first kappa shape index (κ1) is 17.8. The van der Waals surface area contributed by atoms with E-state index in [4.69, 9.17) is 4.74 Å². The lowest BCUT2D eigenvalue weighted by molar-refractivity contribution is 0.0525. The number of alkyl carbamates (subject to hydrolysis) is 1. The summed E-state index contributed by atoms with van der Waals surface area (Å²) >= 11 is 0. The van der Waals surface area contributed by atoms with Gasteiger partial charge in [-0.05, 0) is 58.6 Å². The third-order valence-corrected chi connectivity index (χ3v) is 4.12. The van der Waals surface area contributed by atoms with Crippen LogP contribution in [0.2, 0.25) is 0 Å². The summed E-state index contributed by atoms with van der Waals surface area (Å²) in [5.41, 5.74) is 2.26. The lowest BCUT2D eigenvalue weighted by Gasteiger charge is -2.20. The van der Waals surface area contributed by atoms with Crippen molar-refractivity contribution in [3.63, 3.8) is 0 Å². The van der Waals surface area contributed by atoms with Gasteiger partial charge in [-0.1, -0.05) is 29.8 Å². The maximum absolute atomic E-state index is 11.6. The number of aryl methyl sites for hydroxylation is 1. The number of hydrogen-bond acceptors (Lipinski definition) is 3. The quantitative estimate of drug-likeness (QED) is 0.899. The van der Waals surface area contributed by atoms with E-state index in [9.17, 15) is 4.79 Å². The molecule has 1 saturated heterocycles. The fraction of sp³-hybridized carbons (Fsp3) is 0.632. The zero-order valence-corrected chi connectivity index (χ0v) is 14.9. The summed E-state index contributed by atoms with van der Waals surface area (Å²) in [6.07, 6.45) is 1.91. The number of nitrogens with one attached hydrogen (secondary N) is 1. The molecule has 4 nitrogen and oxygen atoms in total. The van der Waals surface area contributed by atoms with Crippen molar-refractivity contribution in [2.24, 2.45) is 5.92 Å². The Bertz CT molecular complexity index is 505. The minimum atomic E-state index is -0.428. The summed E-state index contributed by atoms with van der Waals surface area (Å²) in [5.74, 6) is 0.662. The molecule has 23 heavy (non-hydrogen) atoms. The monoisotopic (exact) mass is 318 g/mol. The number of rotatable bonds is 5. The van der Waals surface area contributed by atoms with E-state index in [1.165, 1.54) is 17.5 Å². The third kappa shape index (κ3) is 6.61. The number of amides is 1. The minimum absolute atomic E-state index is 0.313. The van der Waals surface area contributed by atoms with Gasteiger partial charge in [0.15, 0.2) is 0 Å². The summed E-state index contributed by atoms with van der Waals surface area (Å²) in [4.78, 5) is 14.1. The van der Waals surface area contributed by atoms with Gasteiger partial charge in [0.1, 0.15) is 5.60 Å². The first-order chi connectivity index (χ1) is 10.8. The average Bonchev–Trinajstić information content (AvgIpc) is 2.87. The number of nitrogens with zero attached hydrogens (tertiary/aromatic N) is 1. The third-order valence-electron chi connectivity index (χ3n) is 4.12. The molecule has 1 N–H and O–H groups in total. The Kier molecular flexibility index (Phi) is 6.05. The zero-order valence-electron chi connectivity index (χ0n) is 14.9. The van der Waals surface area contributed by atoms with Gasteiger partial charge in [-0.15, -0.1) is 0 Å². The molecule has 0 aromatic heterocycles. The molecule has 1 fully saturated rings. The average molecular weight is 318 g/mol. The van der Waals surface area contributed by atoms with Crippen LogP contribution in [0.4, 0.5) is 4.79 Å². The summed E-state index contributed by atoms with van der Waals surface area (Å²) in [5, 5.41) is 2.86. The number of likely N-dealkylation sites (tertiary alicyclic amines) is 1. The molecular formula is C19H30N2O2. The smallest absolute Gasteiger partial charge is 0.407 e. The zero-order chi connectivity index (χ0) is 16.9. The van der Waals surface area contributed by atoms with Crippen molar-refractivity contribution < 1.29 is 9.53 Å². The van der Waals surface area contributed by atoms with E-state index >= 15 is 0 Å². The van der Waals surface area contributed by atoms with E-state index in [2.05, 4.69) is 41.4 Å². The number of hydrogen-bond donors (Lipinski definition) is 1. The second kappa shape index (κ2) is 7.82. The molecule has 0 radical (unpaired) electrons. The minimum Gasteiger partial charge on any atom is -0.444 e. The Morgan fingerprint density at radius 2 is 2.00 bits per heavy atom. The van der Waals surface area contributed by atoms with E-state index in [0.717, 1.165) is 26.1 Å². The predicted molar refractivity (Wildman–Crippen MR) is 93.4 cm³/mol. The van der Waals surface area contributed by atoms with Gasteiger partial charge in [0.05, 0.1) is 0 Å². The van der Waals surface area contributed by atoms with Crippen molar-refractivity contribution in [1.82, 2.24) is 10.2 Å². The van der Waals surface area contributed by atoms with Crippen LogP contribution in [0.5, 0.6) is 0 Å². The van der Waals surface area contributed by atoms with Crippen LogP contribution in [-0.4, -0.2) is 36.2 Å². The first-order valence-electron chi connectivity index (χ1n) is 8.56. The van der Waals surface area contributed by atoms with Gasteiger partial charge in [0.2, 0.25) is 0 Å². The van der Waals surface area contributed by atoms with Crippen LogP contribution in [-0.2, 0) is 11.3 Å². The second-order valence-corrected chi connectivity index (χ2v) is 7.59. The molecule has 1 heterocycles. The molecule has 1 aromatic carbocycles. The first-order valence-corrected chi connectivity index (χ1v) is 8.56. The second-order valence-electron chi connectivity index (χ2n) is 7.59. The number of carbonyl (C=O) groups is 1. The molecule has 1 aliphatic rings. The predicted octanol–water partition coefficient (Wildman–Crippen LogP) is 3.73. The molecule has 128 valence electrons. The lowest BCUT2D eigenvalue weighted by Crippen LogP contribution is -2.33. The van der Waals surface area contributed by atoms with Gasteiger partial charge in [0, 0.05) is 19.6 Å². The molecule has 4 heteroatoms. The molecule has 1 atom stereocenters. The highest BCUT2D eigenvalue weighted by molar-refractivity contribution is 5.67. The maximum Gasteiger partial charge on any atom is 0.407 e. The molecule has 1 aliphatic heterocycles. The van der Waals surface area contributed by atoms with Crippen molar-refractivity contribution >= 4 is 6.09 Å². The van der Waals surface area contributed by atoms with Crippen LogP contribution in [0.3, 0.4) is 0 Å². The van der Waals surface area contributed by atoms with Crippen molar-refractivity contribution in [3.8, 4) is 0 Å². The van der Waals surface area contributed by atoms with Gasteiger partial charge < -0.3 is 10.1 Å².